The summed E-state index contributed by atoms with van der Waals surface area (Å²) in [6, 6.07) is 0. The van der Waals surface area contributed by atoms with Crippen molar-refractivity contribution >= 4 is 5.71 Å². The molecule has 4 fully saturated rings. The van der Waals surface area contributed by atoms with Crippen molar-refractivity contribution in [1.82, 2.24) is 5.01 Å². The second-order valence-electron chi connectivity index (χ2n) is 5.57. The third-order valence-electron chi connectivity index (χ3n) is 3.28. The fourth-order valence-corrected chi connectivity index (χ4v) is 2.19. The van der Waals surface area contributed by atoms with E-state index >= 15 is 0 Å². The monoisotopic (exact) mass is 440 g/mol. The normalized spacial score (nSPS) is 21.9. The molecule has 0 aromatic rings. The Morgan fingerprint density at radius 1 is 0.519 bits per heavy atom. The van der Waals surface area contributed by atoms with Gasteiger partial charge in [-0.25, -0.2) is 0 Å². The Morgan fingerprint density at radius 3 is 1.00 bits per heavy atom. The van der Waals surface area contributed by atoms with Gasteiger partial charge in [0.2, 0.25) is 0 Å². The van der Waals surface area contributed by atoms with Crippen molar-refractivity contribution in [2.75, 3.05) is 14.1 Å². The summed E-state index contributed by atoms with van der Waals surface area (Å²) >= 11 is 0. The number of rotatable bonds is 3. The molecule has 20 radical (unpaired) electrons. The molecule has 0 bridgehead atoms. The SMILES string of the molecule is CN(C)N=C([C]1[CH][CH][CH][CH]1)[C]1[CH][CH][CH][CH]1.[CH]1[CH][CH][CH][CH]1.[CH]1[CH][CH][CH][CH]1.[Fe].[Fe]. The Balaban J connectivity index is 0.000000465. The fourth-order valence-electron chi connectivity index (χ4n) is 2.19. The molecule has 4 aliphatic carbocycles. The Kier molecular flexibility index (Phi) is 17.7. The molecule has 4 rings (SSSR count). The van der Waals surface area contributed by atoms with E-state index in [4.69, 9.17) is 0 Å². The zero-order chi connectivity index (χ0) is 17.7. The van der Waals surface area contributed by atoms with Crippen molar-refractivity contribution < 1.29 is 34.1 Å². The van der Waals surface area contributed by atoms with E-state index in [1.54, 1.807) is 0 Å². The van der Waals surface area contributed by atoms with E-state index in [9.17, 15) is 0 Å². The molecule has 142 valence electrons. The van der Waals surface area contributed by atoms with E-state index in [2.05, 4.69) is 30.8 Å². The summed E-state index contributed by atoms with van der Waals surface area (Å²) in [5.41, 5.74) is 1.02. The first-order chi connectivity index (χ1) is 12.3. The number of hydrogen-bond acceptors (Lipinski definition) is 2. The van der Waals surface area contributed by atoms with Crippen LogP contribution in [-0.2, 0) is 34.1 Å². The molecule has 2 nitrogen and oxygen atoms in total. The quantitative estimate of drug-likeness (QED) is 0.371. The van der Waals surface area contributed by atoms with Gasteiger partial charge in [-0.05, 0) is 116 Å². The van der Waals surface area contributed by atoms with Crippen LogP contribution in [0.5, 0.6) is 0 Å². The molecule has 0 amide bonds. The Bertz CT molecular complexity index is 308. The molecule has 0 atom stereocenters. The predicted molar refractivity (Wildman–Crippen MR) is 105 cm³/mol. The first-order valence-electron chi connectivity index (χ1n) is 8.31. The van der Waals surface area contributed by atoms with Gasteiger partial charge in [0.1, 0.15) is 0 Å². The van der Waals surface area contributed by atoms with Crippen molar-refractivity contribution in [3.8, 4) is 0 Å². The minimum atomic E-state index is 0. The third-order valence-corrected chi connectivity index (χ3v) is 3.28. The zero-order valence-corrected chi connectivity index (χ0v) is 17.7. The van der Waals surface area contributed by atoms with Gasteiger partial charge in [0.05, 0.1) is 5.71 Å². The smallest absolute Gasteiger partial charge is 0.0534 e. The molecule has 0 aromatic heterocycles. The second kappa shape index (κ2) is 17.4. The van der Waals surface area contributed by atoms with E-state index in [0.717, 1.165) is 17.5 Å². The number of hydrazone groups is 1. The summed E-state index contributed by atoms with van der Waals surface area (Å²) < 4.78 is 0. The van der Waals surface area contributed by atoms with Gasteiger partial charge in [-0.1, -0.05) is 0 Å². The maximum Gasteiger partial charge on any atom is 0.0534 e. The van der Waals surface area contributed by atoms with Crippen LogP contribution in [0.4, 0.5) is 0 Å². The van der Waals surface area contributed by atoms with E-state index in [-0.39, 0.29) is 34.1 Å². The summed E-state index contributed by atoms with van der Waals surface area (Å²) in [7, 11) is 3.87. The Morgan fingerprint density at radius 2 is 0.778 bits per heavy atom. The fraction of sp³-hybridized carbons (Fsp3) is 0.0870. The van der Waals surface area contributed by atoms with Gasteiger partial charge in [-0.2, -0.15) is 5.10 Å². The maximum absolute atomic E-state index is 4.51. The van der Waals surface area contributed by atoms with Crippen LogP contribution in [0, 0.1) is 127 Å². The Hall–Kier alpha value is 0.509. The number of nitrogens with zero attached hydrogens (tertiary/aromatic N) is 2. The van der Waals surface area contributed by atoms with Gasteiger partial charge >= 0.3 is 0 Å². The van der Waals surface area contributed by atoms with Gasteiger partial charge in [-0.3, -0.25) is 0 Å². The van der Waals surface area contributed by atoms with Crippen LogP contribution in [0.15, 0.2) is 5.10 Å². The summed E-state index contributed by atoms with van der Waals surface area (Å²) in [6.07, 6.45) is 36.4. The van der Waals surface area contributed by atoms with Gasteiger partial charge in [-0.15, -0.1) is 0 Å². The standard InChI is InChI=1S/C13H14N2.2C5H5.2Fe/c1-15(2)14-13(11-7-3-4-8-11)12-9-5-6-10-12;2*1-2-4-5-3-1;;/h3-10H,1-2H3;2*1-5H;;. The van der Waals surface area contributed by atoms with Crippen LogP contribution in [0.1, 0.15) is 0 Å². The Labute approximate surface area is 191 Å². The number of hydrogen-bond donors (Lipinski definition) is 0. The molecule has 27 heavy (non-hydrogen) atoms. The van der Waals surface area contributed by atoms with Gasteiger partial charge in [0.25, 0.3) is 0 Å². The molecule has 0 heterocycles. The molecule has 4 aliphatic rings. The second-order valence-corrected chi connectivity index (χ2v) is 5.57. The van der Waals surface area contributed by atoms with E-state index in [0.29, 0.717) is 0 Å². The molecule has 0 aliphatic heterocycles. The first kappa shape index (κ1) is 27.5. The summed E-state index contributed by atoms with van der Waals surface area (Å²) in [5.74, 6) is 2.32. The summed E-state index contributed by atoms with van der Waals surface area (Å²) in [4.78, 5) is 0. The predicted octanol–water partition coefficient (Wildman–Crippen LogP) is 3.75. The van der Waals surface area contributed by atoms with Crippen molar-refractivity contribution in [1.29, 1.82) is 0 Å². The van der Waals surface area contributed by atoms with Crippen LogP contribution in [-0.4, -0.2) is 24.8 Å². The van der Waals surface area contributed by atoms with E-state index < -0.39 is 0 Å². The van der Waals surface area contributed by atoms with E-state index in [1.165, 1.54) is 0 Å². The molecular formula is C23H24Fe2N2. The van der Waals surface area contributed by atoms with Crippen LogP contribution in [0.2, 0.25) is 0 Å². The maximum atomic E-state index is 4.51. The first-order valence-corrected chi connectivity index (χ1v) is 8.31. The summed E-state index contributed by atoms with van der Waals surface area (Å²) in [5, 5.41) is 6.34. The van der Waals surface area contributed by atoms with Crippen LogP contribution < -0.4 is 0 Å². The molecule has 4 saturated carbocycles. The minimum Gasteiger partial charge on any atom is -0.303 e. The molecule has 0 unspecified atom stereocenters. The average molecular weight is 440 g/mol. The average Bonchev–Trinajstić information content (AvgIpc) is 3.45. The molecular weight excluding hydrogens is 416 g/mol. The van der Waals surface area contributed by atoms with Crippen molar-refractivity contribution in [3.63, 3.8) is 0 Å². The van der Waals surface area contributed by atoms with Crippen molar-refractivity contribution in [2.45, 2.75) is 0 Å². The minimum absolute atomic E-state index is 0. The van der Waals surface area contributed by atoms with Gasteiger partial charge in [0.15, 0.2) is 0 Å². The van der Waals surface area contributed by atoms with E-state index in [1.807, 2.05) is 109 Å². The zero-order valence-electron chi connectivity index (χ0n) is 15.5. The van der Waals surface area contributed by atoms with Gasteiger partial charge < -0.3 is 5.01 Å². The third kappa shape index (κ3) is 11.9. The van der Waals surface area contributed by atoms with Crippen LogP contribution in [0.25, 0.3) is 0 Å². The molecule has 0 saturated heterocycles. The van der Waals surface area contributed by atoms with Crippen LogP contribution in [0.3, 0.4) is 0 Å². The molecule has 0 spiro atoms. The molecule has 4 heteroatoms. The topological polar surface area (TPSA) is 15.6 Å². The largest absolute Gasteiger partial charge is 0.303 e. The molecule has 0 aromatic carbocycles. The van der Waals surface area contributed by atoms with Crippen molar-refractivity contribution in [3.05, 3.63) is 127 Å². The van der Waals surface area contributed by atoms with Gasteiger partial charge in [0, 0.05) is 60.1 Å². The molecule has 0 N–H and O–H groups in total. The van der Waals surface area contributed by atoms with Crippen LogP contribution >= 0.6 is 0 Å². The summed E-state index contributed by atoms with van der Waals surface area (Å²) in [6.45, 7) is 0. The van der Waals surface area contributed by atoms with Crippen molar-refractivity contribution in [2.24, 2.45) is 5.10 Å².